The number of imide groups is 1. The first kappa shape index (κ1) is 23.3. The molecule has 2 aromatic carbocycles. The fourth-order valence-corrected chi connectivity index (χ4v) is 6.97. The van der Waals surface area contributed by atoms with Gasteiger partial charge in [0.1, 0.15) is 5.54 Å². The van der Waals surface area contributed by atoms with E-state index in [1.54, 1.807) is 12.1 Å². The van der Waals surface area contributed by atoms with Gasteiger partial charge in [-0.25, -0.2) is 18.1 Å². The van der Waals surface area contributed by atoms with Crippen molar-refractivity contribution in [3.8, 4) is 0 Å². The summed E-state index contributed by atoms with van der Waals surface area (Å²) in [5.74, 6) is 0.500. The third-order valence-corrected chi connectivity index (χ3v) is 9.71. The number of nitrogens with one attached hydrogen (secondary N) is 1. The Morgan fingerprint density at radius 2 is 1.65 bits per heavy atom. The molecule has 3 amide bonds. The second-order valence-corrected chi connectivity index (χ2v) is 11.7. The molecular weight excluding hydrogens is 452 g/mol. The standard InChI is InChI=1S/C25H32N4O4S/c1-2-19-9-11-25(12-10-19)23(30)29(24(31)26-25)18-27-13-15-28(16-14-27)34(32,33)22-8-7-20-5-3-4-6-21(20)17-22/h3-8,17,19H,2,9-16,18H2,1H3,(H,26,31). The predicted octanol–water partition coefficient (Wildman–Crippen LogP) is 2.99. The predicted molar refractivity (Wildman–Crippen MR) is 130 cm³/mol. The molecule has 9 heteroatoms. The zero-order valence-corrected chi connectivity index (χ0v) is 20.4. The molecule has 0 atom stereocenters. The Kier molecular flexibility index (Phi) is 6.12. The van der Waals surface area contributed by atoms with Crippen LogP contribution in [-0.2, 0) is 14.8 Å². The van der Waals surface area contributed by atoms with Crippen LogP contribution in [0, 0.1) is 5.92 Å². The summed E-state index contributed by atoms with van der Waals surface area (Å²) in [6.45, 7) is 3.95. The largest absolute Gasteiger partial charge is 0.326 e. The zero-order valence-electron chi connectivity index (χ0n) is 19.6. The number of rotatable bonds is 5. The van der Waals surface area contributed by atoms with Gasteiger partial charge in [-0.3, -0.25) is 9.69 Å². The normalized spacial score (nSPS) is 27.0. The number of fused-ring (bicyclic) bond motifs is 1. The summed E-state index contributed by atoms with van der Waals surface area (Å²) in [4.78, 5) is 29.4. The number of sulfonamides is 1. The molecule has 1 saturated carbocycles. The minimum absolute atomic E-state index is 0.127. The van der Waals surface area contributed by atoms with Gasteiger partial charge in [0, 0.05) is 26.2 Å². The first-order chi connectivity index (χ1) is 16.3. The van der Waals surface area contributed by atoms with E-state index in [0.29, 0.717) is 49.8 Å². The van der Waals surface area contributed by atoms with Crippen LogP contribution in [0.2, 0.25) is 0 Å². The first-order valence-electron chi connectivity index (χ1n) is 12.2. The lowest BCUT2D eigenvalue weighted by molar-refractivity contribution is -0.134. The lowest BCUT2D eigenvalue weighted by Crippen LogP contribution is -2.53. The molecule has 34 heavy (non-hydrogen) atoms. The molecule has 5 rings (SSSR count). The lowest BCUT2D eigenvalue weighted by atomic mass is 9.75. The molecule has 3 fully saturated rings. The van der Waals surface area contributed by atoms with Crippen molar-refractivity contribution in [3.63, 3.8) is 0 Å². The smallest absolute Gasteiger partial charge is 0.323 e. The molecular formula is C25H32N4O4S. The van der Waals surface area contributed by atoms with Crippen molar-refractivity contribution < 1.29 is 18.0 Å². The van der Waals surface area contributed by atoms with Crippen molar-refractivity contribution in [1.29, 1.82) is 0 Å². The molecule has 182 valence electrons. The molecule has 2 saturated heterocycles. The molecule has 0 unspecified atom stereocenters. The molecule has 0 radical (unpaired) electrons. The first-order valence-corrected chi connectivity index (χ1v) is 13.6. The van der Waals surface area contributed by atoms with Gasteiger partial charge >= 0.3 is 6.03 Å². The Morgan fingerprint density at radius 3 is 2.32 bits per heavy atom. The fraction of sp³-hybridized carbons (Fsp3) is 0.520. The van der Waals surface area contributed by atoms with E-state index in [1.807, 2.05) is 35.2 Å². The van der Waals surface area contributed by atoms with E-state index >= 15 is 0 Å². The summed E-state index contributed by atoms with van der Waals surface area (Å²) in [5.41, 5.74) is -0.746. The van der Waals surface area contributed by atoms with Crippen LogP contribution in [0.1, 0.15) is 39.0 Å². The minimum Gasteiger partial charge on any atom is -0.323 e. The van der Waals surface area contributed by atoms with Crippen LogP contribution in [0.25, 0.3) is 10.8 Å². The summed E-state index contributed by atoms with van der Waals surface area (Å²) in [6, 6.07) is 12.6. The van der Waals surface area contributed by atoms with Gasteiger partial charge in [0.15, 0.2) is 0 Å². The number of carbonyl (C=O) groups excluding carboxylic acids is 2. The van der Waals surface area contributed by atoms with Crippen LogP contribution >= 0.6 is 0 Å². The highest BCUT2D eigenvalue weighted by Gasteiger charge is 2.52. The van der Waals surface area contributed by atoms with Gasteiger partial charge in [0.25, 0.3) is 5.91 Å². The third kappa shape index (κ3) is 4.10. The number of benzene rings is 2. The highest BCUT2D eigenvalue weighted by atomic mass is 32.2. The maximum Gasteiger partial charge on any atom is 0.326 e. The van der Waals surface area contributed by atoms with Gasteiger partial charge in [-0.2, -0.15) is 4.31 Å². The highest BCUT2D eigenvalue weighted by molar-refractivity contribution is 7.89. The number of piperazine rings is 1. The SMILES string of the molecule is CCC1CCC2(CC1)NC(=O)N(CN1CCN(S(=O)(=O)c3ccc4ccccc4c3)CC1)C2=O. The molecule has 0 aromatic heterocycles. The number of amides is 3. The molecule has 1 N–H and O–H groups in total. The van der Waals surface area contributed by atoms with Gasteiger partial charge in [-0.05, 0) is 54.5 Å². The third-order valence-electron chi connectivity index (χ3n) is 7.81. The van der Waals surface area contributed by atoms with Gasteiger partial charge in [-0.15, -0.1) is 0 Å². The van der Waals surface area contributed by atoms with Crippen LogP contribution in [0.4, 0.5) is 4.79 Å². The Labute approximate surface area is 200 Å². The van der Waals surface area contributed by atoms with Gasteiger partial charge in [-0.1, -0.05) is 43.7 Å². The molecule has 3 aliphatic rings. The lowest BCUT2D eigenvalue weighted by Gasteiger charge is -2.36. The topological polar surface area (TPSA) is 90.0 Å². The van der Waals surface area contributed by atoms with E-state index in [-0.39, 0.29) is 18.6 Å². The Morgan fingerprint density at radius 1 is 0.971 bits per heavy atom. The van der Waals surface area contributed by atoms with Crippen molar-refractivity contribution >= 4 is 32.7 Å². The number of hydrogen-bond donors (Lipinski definition) is 1. The monoisotopic (exact) mass is 484 g/mol. The van der Waals surface area contributed by atoms with Crippen LogP contribution in [0.3, 0.4) is 0 Å². The molecule has 1 spiro atoms. The van der Waals surface area contributed by atoms with E-state index in [4.69, 9.17) is 0 Å². The van der Waals surface area contributed by atoms with Gasteiger partial charge in [0.05, 0.1) is 11.6 Å². The average Bonchev–Trinajstić information content (AvgIpc) is 3.08. The summed E-state index contributed by atoms with van der Waals surface area (Å²) >= 11 is 0. The van der Waals surface area contributed by atoms with Crippen molar-refractivity contribution in [3.05, 3.63) is 42.5 Å². The zero-order chi connectivity index (χ0) is 23.9. The maximum absolute atomic E-state index is 13.2. The highest BCUT2D eigenvalue weighted by Crippen LogP contribution is 2.37. The number of nitrogens with zero attached hydrogens (tertiary/aromatic N) is 3. The summed E-state index contributed by atoms with van der Waals surface area (Å²) in [5, 5.41) is 4.87. The van der Waals surface area contributed by atoms with Crippen molar-refractivity contribution in [1.82, 2.24) is 19.4 Å². The van der Waals surface area contributed by atoms with Crippen molar-refractivity contribution in [2.75, 3.05) is 32.8 Å². The maximum atomic E-state index is 13.2. The summed E-state index contributed by atoms with van der Waals surface area (Å²) in [7, 11) is -3.61. The van der Waals surface area contributed by atoms with E-state index in [1.165, 1.54) is 9.21 Å². The summed E-state index contributed by atoms with van der Waals surface area (Å²) in [6.07, 6.45) is 4.42. The van der Waals surface area contributed by atoms with E-state index in [0.717, 1.165) is 30.0 Å². The Balaban J connectivity index is 1.21. The number of carbonyl (C=O) groups is 2. The average molecular weight is 485 g/mol. The van der Waals surface area contributed by atoms with Crippen LogP contribution in [0.15, 0.2) is 47.4 Å². The summed E-state index contributed by atoms with van der Waals surface area (Å²) < 4.78 is 27.9. The molecule has 2 aromatic rings. The van der Waals surface area contributed by atoms with Crippen LogP contribution in [-0.4, -0.2) is 72.8 Å². The second kappa shape index (κ2) is 8.94. The van der Waals surface area contributed by atoms with Crippen LogP contribution < -0.4 is 5.32 Å². The van der Waals surface area contributed by atoms with Gasteiger partial charge < -0.3 is 5.32 Å². The van der Waals surface area contributed by atoms with E-state index in [9.17, 15) is 18.0 Å². The minimum atomic E-state index is -3.61. The molecule has 2 heterocycles. The second-order valence-electron chi connectivity index (χ2n) is 9.77. The van der Waals surface area contributed by atoms with E-state index < -0.39 is 15.6 Å². The van der Waals surface area contributed by atoms with Crippen molar-refractivity contribution in [2.45, 2.75) is 49.5 Å². The molecule has 1 aliphatic carbocycles. The number of hydrogen-bond acceptors (Lipinski definition) is 5. The Bertz CT molecular complexity index is 1200. The Hall–Kier alpha value is -2.49. The van der Waals surface area contributed by atoms with Gasteiger partial charge in [0.2, 0.25) is 10.0 Å². The quantitative estimate of drug-likeness (QED) is 0.659. The molecule has 0 bridgehead atoms. The van der Waals surface area contributed by atoms with Crippen molar-refractivity contribution in [2.24, 2.45) is 5.92 Å². The van der Waals surface area contributed by atoms with E-state index in [2.05, 4.69) is 12.2 Å². The number of urea groups is 1. The van der Waals surface area contributed by atoms with Crippen LogP contribution in [0.5, 0.6) is 0 Å². The molecule has 8 nitrogen and oxygen atoms in total. The molecule has 2 aliphatic heterocycles. The fourth-order valence-electron chi connectivity index (χ4n) is 5.51.